The predicted molar refractivity (Wildman–Crippen MR) is 123 cm³/mol. The van der Waals surface area contributed by atoms with Crippen molar-refractivity contribution in [1.82, 2.24) is 0 Å². The smallest absolute Gasteiger partial charge is 0.142 e. The molecule has 3 rings (SSSR count). The average Bonchev–Trinajstić information content (AvgIpc) is 2.58. The number of benzene rings is 3. The van der Waals surface area contributed by atoms with Crippen LogP contribution in [0.15, 0.2) is 36.4 Å². The molecule has 0 saturated heterocycles. The second kappa shape index (κ2) is 8.30. The van der Waals surface area contributed by atoms with Gasteiger partial charge in [0.2, 0.25) is 0 Å². The third kappa shape index (κ3) is 4.08. The maximum absolute atomic E-state index is 10.8. The molecule has 0 heterocycles. The van der Waals surface area contributed by atoms with Gasteiger partial charge in [-0.2, -0.15) is 0 Å². The molecule has 0 radical (unpaired) electrons. The SMILES string of the molecule is Cc1cc(C)c(P(c2cc(Cl)cc(Cl)c2O)c2cc(Cl)cc(Cl)c2O)c(C)c1. The second-order valence-electron chi connectivity index (χ2n) is 6.59. The molecule has 0 aliphatic heterocycles. The van der Waals surface area contributed by atoms with Crippen molar-refractivity contribution in [2.24, 2.45) is 0 Å². The third-order valence-corrected chi connectivity index (χ3v) is 8.17. The van der Waals surface area contributed by atoms with Crippen molar-refractivity contribution in [3.8, 4) is 11.5 Å². The maximum Gasteiger partial charge on any atom is 0.142 e. The van der Waals surface area contributed by atoms with Gasteiger partial charge in [-0.25, -0.2) is 0 Å². The summed E-state index contributed by atoms with van der Waals surface area (Å²) in [4.78, 5) is 0. The van der Waals surface area contributed by atoms with Crippen LogP contribution in [0, 0.1) is 20.8 Å². The van der Waals surface area contributed by atoms with E-state index in [1.807, 2.05) is 20.8 Å². The minimum absolute atomic E-state index is 0.0768. The fraction of sp³-hybridized carbons (Fsp3) is 0.143. The maximum atomic E-state index is 10.8. The molecule has 7 heteroatoms. The first-order valence-corrected chi connectivity index (χ1v) is 11.2. The minimum Gasteiger partial charge on any atom is -0.506 e. The lowest BCUT2D eigenvalue weighted by Crippen LogP contribution is -2.25. The Kier molecular flexibility index (Phi) is 6.39. The van der Waals surface area contributed by atoms with Crippen molar-refractivity contribution < 1.29 is 10.2 Å². The molecule has 3 aromatic rings. The summed E-state index contributed by atoms with van der Waals surface area (Å²) in [5, 5.41) is 24.6. The Balaban J connectivity index is 2.44. The third-order valence-electron chi connectivity index (χ3n) is 4.36. The van der Waals surface area contributed by atoms with Crippen LogP contribution >= 0.6 is 54.3 Å². The van der Waals surface area contributed by atoms with E-state index in [1.54, 1.807) is 12.1 Å². The van der Waals surface area contributed by atoms with E-state index in [0.717, 1.165) is 22.0 Å². The molecule has 0 aliphatic carbocycles. The van der Waals surface area contributed by atoms with Crippen molar-refractivity contribution in [2.75, 3.05) is 0 Å². The van der Waals surface area contributed by atoms with Gasteiger partial charge in [0.1, 0.15) is 11.5 Å². The lowest BCUT2D eigenvalue weighted by Gasteiger charge is -2.26. The average molecular weight is 474 g/mol. The van der Waals surface area contributed by atoms with Crippen molar-refractivity contribution in [3.63, 3.8) is 0 Å². The Hall–Kier alpha value is -1.15. The van der Waals surface area contributed by atoms with Gasteiger partial charge in [-0.15, -0.1) is 0 Å². The highest BCUT2D eigenvalue weighted by Gasteiger charge is 2.28. The zero-order valence-electron chi connectivity index (χ0n) is 15.3. The zero-order chi connectivity index (χ0) is 20.7. The molecule has 0 atom stereocenters. The Bertz CT molecular complexity index is 1000. The van der Waals surface area contributed by atoms with Crippen molar-refractivity contribution in [1.29, 1.82) is 0 Å². The topological polar surface area (TPSA) is 40.5 Å². The molecule has 3 aromatic carbocycles. The quantitative estimate of drug-likeness (QED) is 0.432. The number of phenols is 2. The van der Waals surface area contributed by atoms with Crippen LogP contribution in [0.25, 0.3) is 0 Å². The standard InChI is InChI=1S/C21H17Cl4O2P/c1-10-4-11(2)21(12(3)5-10)28(17-8-13(22)6-15(24)19(17)26)18-9-14(23)7-16(25)20(18)27/h4-9,26-27H,1-3H3. The van der Waals surface area contributed by atoms with E-state index in [1.165, 1.54) is 12.1 Å². The molecule has 0 unspecified atom stereocenters. The van der Waals surface area contributed by atoms with Crippen LogP contribution < -0.4 is 15.9 Å². The van der Waals surface area contributed by atoms with Gasteiger partial charge in [0.15, 0.2) is 0 Å². The largest absolute Gasteiger partial charge is 0.506 e. The summed E-state index contributed by atoms with van der Waals surface area (Å²) < 4.78 is 0. The van der Waals surface area contributed by atoms with E-state index in [4.69, 9.17) is 46.4 Å². The summed E-state index contributed by atoms with van der Waals surface area (Å²) in [6.45, 7) is 6.02. The Labute approximate surface area is 185 Å². The summed E-state index contributed by atoms with van der Waals surface area (Å²) in [6, 6.07) is 10.4. The van der Waals surface area contributed by atoms with Crippen LogP contribution in [0.4, 0.5) is 0 Å². The number of rotatable bonds is 3. The van der Waals surface area contributed by atoms with Gasteiger partial charge in [0.05, 0.1) is 10.0 Å². The molecule has 146 valence electrons. The van der Waals surface area contributed by atoms with Crippen molar-refractivity contribution in [2.45, 2.75) is 20.8 Å². The molecule has 0 saturated carbocycles. The van der Waals surface area contributed by atoms with E-state index in [-0.39, 0.29) is 21.5 Å². The molecule has 2 N–H and O–H groups in total. The van der Waals surface area contributed by atoms with Gasteiger partial charge in [0, 0.05) is 20.7 Å². The predicted octanol–water partition coefficient (Wildman–Crippen LogP) is 6.39. The van der Waals surface area contributed by atoms with E-state index in [9.17, 15) is 10.2 Å². The normalized spacial score (nSPS) is 11.3. The highest BCUT2D eigenvalue weighted by Crippen LogP contribution is 2.45. The molecular formula is C21H17Cl4O2P. The first-order valence-electron chi connectivity index (χ1n) is 8.34. The zero-order valence-corrected chi connectivity index (χ0v) is 19.2. The minimum atomic E-state index is -1.44. The number of hydrogen-bond donors (Lipinski definition) is 2. The number of aryl methyl sites for hydroxylation is 3. The summed E-state index contributed by atoms with van der Waals surface area (Å²) in [5.74, 6) is -0.154. The molecule has 2 nitrogen and oxygen atoms in total. The van der Waals surface area contributed by atoms with Crippen molar-refractivity contribution in [3.05, 3.63) is 73.2 Å². The van der Waals surface area contributed by atoms with Crippen LogP contribution in [-0.2, 0) is 0 Å². The van der Waals surface area contributed by atoms with E-state index in [0.29, 0.717) is 20.7 Å². The Morgan fingerprint density at radius 2 is 1.04 bits per heavy atom. The van der Waals surface area contributed by atoms with Crippen LogP contribution in [0.5, 0.6) is 11.5 Å². The number of phenolic OH excluding ortho intramolecular Hbond substituents is 2. The van der Waals surface area contributed by atoms with Gasteiger partial charge in [-0.3, -0.25) is 0 Å². The number of halogens is 4. The van der Waals surface area contributed by atoms with Gasteiger partial charge < -0.3 is 10.2 Å². The highest BCUT2D eigenvalue weighted by molar-refractivity contribution is 7.80. The van der Waals surface area contributed by atoms with Crippen LogP contribution in [-0.4, -0.2) is 10.2 Å². The molecule has 0 spiro atoms. The van der Waals surface area contributed by atoms with E-state index >= 15 is 0 Å². The highest BCUT2D eigenvalue weighted by atomic mass is 35.5. The van der Waals surface area contributed by atoms with E-state index in [2.05, 4.69) is 12.1 Å². The Morgan fingerprint density at radius 1 is 0.643 bits per heavy atom. The first-order chi connectivity index (χ1) is 13.1. The molecule has 0 amide bonds. The lowest BCUT2D eigenvalue weighted by atomic mass is 10.1. The van der Waals surface area contributed by atoms with E-state index < -0.39 is 7.92 Å². The van der Waals surface area contributed by atoms with Gasteiger partial charge >= 0.3 is 0 Å². The molecule has 0 aliphatic rings. The van der Waals surface area contributed by atoms with Gasteiger partial charge in [-0.1, -0.05) is 64.1 Å². The van der Waals surface area contributed by atoms with Gasteiger partial charge in [-0.05, 0) is 69.4 Å². The second-order valence-corrected chi connectivity index (χ2v) is 10.4. The summed E-state index contributed by atoms with van der Waals surface area (Å²) in [7, 11) is -1.44. The van der Waals surface area contributed by atoms with Crippen LogP contribution in [0.2, 0.25) is 20.1 Å². The number of hydrogen-bond acceptors (Lipinski definition) is 2. The molecule has 28 heavy (non-hydrogen) atoms. The monoisotopic (exact) mass is 472 g/mol. The Morgan fingerprint density at radius 3 is 1.43 bits per heavy atom. The lowest BCUT2D eigenvalue weighted by molar-refractivity contribution is 0.479. The molecule has 0 bridgehead atoms. The van der Waals surface area contributed by atoms with Crippen LogP contribution in [0.3, 0.4) is 0 Å². The fourth-order valence-corrected chi connectivity index (χ4v) is 7.39. The molecule has 0 aromatic heterocycles. The summed E-state index contributed by atoms with van der Waals surface area (Å²) in [5.41, 5.74) is 3.17. The molecular weight excluding hydrogens is 457 g/mol. The van der Waals surface area contributed by atoms with Gasteiger partial charge in [0.25, 0.3) is 0 Å². The van der Waals surface area contributed by atoms with Crippen LogP contribution in [0.1, 0.15) is 16.7 Å². The van der Waals surface area contributed by atoms with Crippen molar-refractivity contribution >= 4 is 70.2 Å². The number of aromatic hydroxyl groups is 2. The summed E-state index contributed by atoms with van der Waals surface area (Å²) in [6.07, 6.45) is 0. The summed E-state index contributed by atoms with van der Waals surface area (Å²) >= 11 is 24.9. The first kappa shape index (κ1) is 21.6. The fourth-order valence-electron chi connectivity index (χ4n) is 3.34. The molecule has 0 fully saturated rings.